The molecule has 142 valence electrons. The highest BCUT2D eigenvalue weighted by atomic mass is 16.5. The Morgan fingerprint density at radius 1 is 1.37 bits per heavy atom. The number of carbonyl (C=O) groups excluding carboxylic acids is 2. The first-order valence-electron chi connectivity index (χ1n) is 9.41. The topological polar surface area (TPSA) is 62.4 Å². The number of aromatic nitrogens is 1. The number of nitrogens with one attached hydrogen (secondary N) is 1. The molecule has 1 aromatic carbocycles. The Bertz CT molecular complexity index is 866. The van der Waals surface area contributed by atoms with Crippen molar-refractivity contribution in [3.8, 4) is 5.75 Å². The number of hydrogen-bond acceptors (Lipinski definition) is 3. The molecule has 0 aliphatic heterocycles. The second-order valence-corrected chi connectivity index (χ2v) is 6.82. The number of amides is 1. The number of aryl methyl sites for hydroxylation is 2. The van der Waals surface area contributed by atoms with Crippen molar-refractivity contribution < 1.29 is 14.3 Å². The molecule has 0 fully saturated rings. The zero-order valence-corrected chi connectivity index (χ0v) is 16.0. The second-order valence-electron chi connectivity index (χ2n) is 6.82. The van der Waals surface area contributed by atoms with Gasteiger partial charge in [-0.3, -0.25) is 9.59 Å². The van der Waals surface area contributed by atoms with Crippen molar-refractivity contribution in [3.05, 3.63) is 65.0 Å². The van der Waals surface area contributed by atoms with Crippen LogP contribution in [-0.2, 0) is 13.0 Å². The third-order valence-electron chi connectivity index (χ3n) is 4.90. The van der Waals surface area contributed by atoms with E-state index < -0.39 is 0 Å². The standard InChI is InChI=1S/C22H26N2O3/c1-4-12-27-17-9-6-8-16(13-17)14-24(5-2)22(26)20-15(3)23-18-10-7-11-19(25)21(18)20/h4,6,8-9,13,23H,1,5,7,10-12,14H2,2-3H3. The minimum Gasteiger partial charge on any atom is -0.490 e. The first kappa shape index (κ1) is 19.0. The van der Waals surface area contributed by atoms with Gasteiger partial charge in [0.25, 0.3) is 5.91 Å². The molecule has 5 heteroatoms. The monoisotopic (exact) mass is 366 g/mol. The van der Waals surface area contributed by atoms with Crippen molar-refractivity contribution in [1.82, 2.24) is 9.88 Å². The predicted molar refractivity (Wildman–Crippen MR) is 105 cm³/mol. The maximum absolute atomic E-state index is 13.2. The molecular formula is C22H26N2O3. The average molecular weight is 366 g/mol. The van der Waals surface area contributed by atoms with Gasteiger partial charge in [0.05, 0.1) is 11.1 Å². The van der Waals surface area contributed by atoms with E-state index in [1.54, 1.807) is 11.0 Å². The Hall–Kier alpha value is -2.82. The number of Topliss-reactive ketones (excluding diaryl/α,β-unsaturated/α-hetero) is 1. The third-order valence-corrected chi connectivity index (χ3v) is 4.90. The van der Waals surface area contributed by atoms with Gasteiger partial charge in [0.15, 0.2) is 5.78 Å². The van der Waals surface area contributed by atoms with Gasteiger partial charge in [0.2, 0.25) is 0 Å². The summed E-state index contributed by atoms with van der Waals surface area (Å²) in [7, 11) is 0. The fourth-order valence-corrected chi connectivity index (χ4v) is 3.60. The van der Waals surface area contributed by atoms with Crippen LogP contribution in [0.1, 0.15) is 57.4 Å². The zero-order valence-electron chi connectivity index (χ0n) is 16.0. The van der Waals surface area contributed by atoms with E-state index in [2.05, 4.69) is 11.6 Å². The SMILES string of the molecule is C=CCOc1cccc(CN(CC)C(=O)c2c(C)[nH]c3c2C(=O)CCC3)c1. The first-order valence-corrected chi connectivity index (χ1v) is 9.41. The molecule has 27 heavy (non-hydrogen) atoms. The van der Waals surface area contributed by atoms with Crippen molar-refractivity contribution in [2.24, 2.45) is 0 Å². The van der Waals surface area contributed by atoms with E-state index >= 15 is 0 Å². The number of H-pyrrole nitrogens is 1. The first-order chi connectivity index (χ1) is 13.0. The fraction of sp³-hybridized carbons (Fsp3) is 0.364. The van der Waals surface area contributed by atoms with Crippen molar-refractivity contribution in [3.63, 3.8) is 0 Å². The van der Waals surface area contributed by atoms with E-state index in [4.69, 9.17) is 4.74 Å². The minimum atomic E-state index is -0.0971. The van der Waals surface area contributed by atoms with Gasteiger partial charge in [-0.15, -0.1) is 0 Å². The van der Waals surface area contributed by atoms with Crippen LogP contribution in [0.5, 0.6) is 5.75 Å². The molecule has 0 spiro atoms. The van der Waals surface area contributed by atoms with E-state index in [1.165, 1.54) is 0 Å². The van der Waals surface area contributed by atoms with Crippen LogP contribution in [0, 0.1) is 6.92 Å². The lowest BCUT2D eigenvalue weighted by Gasteiger charge is -2.22. The molecule has 1 aromatic heterocycles. The quantitative estimate of drug-likeness (QED) is 0.752. The van der Waals surface area contributed by atoms with E-state index in [1.807, 2.05) is 38.1 Å². The molecule has 1 heterocycles. The van der Waals surface area contributed by atoms with Gasteiger partial charge in [0.1, 0.15) is 12.4 Å². The highest BCUT2D eigenvalue weighted by molar-refractivity contribution is 6.10. The summed E-state index contributed by atoms with van der Waals surface area (Å²) < 4.78 is 5.58. The van der Waals surface area contributed by atoms with Crippen LogP contribution in [0.2, 0.25) is 0 Å². The number of ether oxygens (including phenoxy) is 1. The zero-order chi connectivity index (χ0) is 19.4. The molecular weight excluding hydrogens is 340 g/mol. The molecule has 1 aliphatic rings. The van der Waals surface area contributed by atoms with E-state index in [-0.39, 0.29) is 11.7 Å². The molecule has 1 amide bonds. The lowest BCUT2D eigenvalue weighted by atomic mass is 9.92. The lowest BCUT2D eigenvalue weighted by Crippen LogP contribution is -2.32. The molecule has 1 N–H and O–H groups in total. The molecule has 0 saturated heterocycles. The van der Waals surface area contributed by atoms with Gasteiger partial charge in [-0.05, 0) is 44.4 Å². The summed E-state index contributed by atoms with van der Waals surface area (Å²) in [6.07, 6.45) is 3.88. The summed E-state index contributed by atoms with van der Waals surface area (Å²) >= 11 is 0. The van der Waals surface area contributed by atoms with Crippen LogP contribution in [0.25, 0.3) is 0 Å². The van der Waals surface area contributed by atoms with Crippen molar-refractivity contribution in [2.75, 3.05) is 13.2 Å². The maximum Gasteiger partial charge on any atom is 0.256 e. The van der Waals surface area contributed by atoms with Gasteiger partial charge in [-0.2, -0.15) is 0 Å². The molecule has 0 atom stereocenters. The molecule has 2 aromatic rings. The third kappa shape index (κ3) is 3.97. The highest BCUT2D eigenvalue weighted by Gasteiger charge is 2.30. The predicted octanol–water partition coefficient (Wildman–Crippen LogP) is 4.07. The lowest BCUT2D eigenvalue weighted by molar-refractivity contribution is 0.0746. The van der Waals surface area contributed by atoms with Crippen LogP contribution in [-0.4, -0.2) is 34.7 Å². The molecule has 0 bridgehead atoms. The van der Waals surface area contributed by atoms with Gasteiger partial charge in [-0.1, -0.05) is 24.8 Å². The molecule has 0 unspecified atom stereocenters. The molecule has 0 radical (unpaired) electrons. The van der Waals surface area contributed by atoms with Crippen LogP contribution in [0.3, 0.4) is 0 Å². The molecule has 5 nitrogen and oxygen atoms in total. The number of aromatic amines is 1. The Labute approximate surface area is 160 Å². The fourth-order valence-electron chi connectivity index (χ4n) is 3.60. The van der Waals surface area contributed by atoms with Crippen LogP contribution < -0.4 is 4.74 Å². The Morgan fingerprint density at radius 3 is 2.93 bits per heavy atom. The van der Waals surface area contributed by atoms with Gasteiger partial charge in [0, 0.05) is 30.9 Å². The summed E-state index contributed by atoms with van der Waals surface area (Å²) in [5.74, 6) is 0.723. The van der Waals surface area contributed by atoms with Gasteiger partial charge in [-0.25, -0.2) is 0 Å². The van der Waals surface area contributed by atoms with Crippen LogP contribution in [0.4, 0.5) is 0 Å². The second kappa shape index (κ2) is 8.25. The normalized spacial score (nSPS) is 13.2. The van der Waals surface area contributed by atoms with Crippen molar-refractivity contribution >= 4 is 11.7 Å². The number of rotatable bonds is 7. The van der Waals surface area contributed by atoms with E-state index in [0.29, 0.717) is 37.2 Å². The summed E-state index contributed by atoms with van der Waals surface area (Å²) in [5.41, 5.74) is 3.81. The van der Waals surface area contributed by atoms with E-state index in [9.17, 15) is 9.59 Å². The number of benzene rings is 1. The summed E-state index contributed by atoms with van der Waals surface area (Å²) in [6, 6.07) is 7.71. The number of fused-ring (bicyclic) bond motifs is 1. The van der Waals surface area contributed by atoms with Crippen molar-refractivity contribution in [1.29, 1.82) is 0 Å². The molecule has 1 aliphatic carbocycles. The minimum absolute atomic E-state index is 0.0693. The number of ketones is 1. The van der Waals surface area contributed by atoms with Crippen LogP contribution in [0.15, 0.2) is 36.9 Å². The van der Waals surface area contributed by atoms with Crippen molar-refractivity contribution in [2.45, 2.75) is 39.7 Å². The average Bonchev–Trinajstić information content (AvgIpc) is 3.01. The van der Waals surface area contributed by atoms with E-state index in [0.717, 1.165) is 35.5 Å². The highest BCUT2D eigenvalue weighted by Crippen LogP contribution is 2.28. The summed E-state index contributed by atoms with van der Waals surface area (Å²) in [4.78, 5) is 30.7. The van der Waals surface area contributed by atoms with Gasteiger partial charge < -0.3 is 14.6 Å². The molecule has 0 saturated carbocycles. The summed E-state index contributed by atoms with van der Waals surface area (Å²) in [5, 5.41) is 0. The largest absolute Gasteiger partial charge is 0.490 e. The Balaban J connectivity index is 1.85. The number of carbonyl (C=O) groups is 2. The number of hydrogen-bond donors (Lipinski definition) is 1. The molecule has 3 rings (SSSR count). The van der Waals surface area contributed by atoms with Gasteiger partial charge >= 0.3 is 0 Å². The maximum atomic E-state index is 13.2. The Kier molecular flexibility index (Phi) is 5.79. The number of nitrogens with zero attached hydrogens (tertiary/aromatic N) is 1. The Morgan fingerprint density at radius 2 is 2.19 bits per heavy atom. The summed E-state index contributed by atoms with van der Waals surface area (Å²) in [6.45, 7) is 8.94. The van der Waals surface area contributed by atoms with Crippen LogP contribution >= 0.6 is 0 Å². The smallest absolute Gasteiger partial charge is 0.256 e.